The standard InChI is InChI=1S/4C10H14N5O7P.H3O3PS/c4*11-8-5-9(13-2-12-8)15(3-14-5)10-7(17)6(16)4(22-10)1-21-23(18,19)20;1-4(2,3)5/h4*2-4,6-7,10,16-17H,1H2,(H2,11,12,13)(H2,18,19,20);(H3,1,2,3,5)/t4*4-,6-,7-,10-;/m1111./s1. The van der Waals surface area contributed by atoms with E-state index in [1.165, 1.54) is 68.9 Å². The highest BCUT2D eigenvalue weighted by molar-refractivity contribution is 8.06. The summed E-state index contributed by atoms with van der Waals surface area (Å²) in [5.74, 6) is 0.567. The fourth-order valence-electron chi connectivity index (χ4n) is 9.29. The summed E-state index contributed by atoms with van der Waals surface area (Å²) in [6.45, 7) is -6.18. The molecule has 0 spiro atoms. The van der Waals surface area contributed by atoms with Gasteiger partial charge in [0.25, 0.3) is 0 Å². The molecule has 12 rings (SSSR count). The fraction of sp³-hybridized carbons (Fsp3) is 0.500. The van der Waals surface area contributed by atoms with Crippen LogP contribution < -0.4 is 22.9 Å². The van der Waals surface area contributed by atoms with Crippen LogP contribution in [0.25, 0.3) is 44.7 Å². The highest BCUT2D eigenvalue weighted by Crippen LogP contribution is 2.43. The van der Waals surface area contributed by atoms with Gasteiger partial charge in [-0.1, -0.05) is 0 Å². The van der Waals surface area contributed by atoms with Crippen molar-refractivity contribution in [3.8, 4) is 0 Å². The molecule has 4 fully saturated rings. The maximum atomic E-state index is 10.7. The highest BCUT2D eigenvalue weighted by atomic mass is 32.5. The molecule has 0 aromatic carbocycles. The Morgan fingerprint density at radius 2 is 0.515 bits per heavy atom. The first kappa shape index (κ1) is 76.6. The Labute approximate surface area is 542 Å². The van der Waals surface area contributed by atoms with Gasteiger partial charge in [-0.3, -0.25) is 36.4 Å². The highest BCUT2D eigenvalue weighted by Gasteiger charge is 2.49. The van der Waals surface area contributed by atoms with Crippen LogP contribution in [0.15, 0.2) is 50.6 Å². The molecule has 8 aromatic heterocycles. The van der Waals surface area contributed by atoms with Crippen molar-refractivity contribution >= 4 is 118 Å². The Bertz CT molecular complexity index is 3750. The molecule has 4 aliphatic heterocycles. The minimum atomic E-state index is -4.72. The molecule has 4 aliphatic rings. The third-order valence-corrected chi connectivity index (χ3v) is 15.6. The van der Waals surface area contributed by atoms with Gasteiger partial charge >= 0.3 is 38.0 Å². The maximum absolute atomic E-state index is 10.7. The second kappa shape index (κ2) is 30.8. The van der Waals surface area contributed by atoms with Gasteiger partial charge in [0.2, 0.25) is 0 Å². The van der Waals surface area contributed by atoms with Crippen molar-refractivity contribution in [1.29, 1.82) is 0 Å². The second-order valence-corrected chi connectivity index (χ2v) is 27.6. The third kappa shape index (κ3) is 19.3. The van der Waals surface area contributed by atoms with E-state index in [1.54, 1.807) is 0 Å². The SMILES string of the molecule is Nc1ncnc2c1ncn2[C@@H]1O[C@H](COP(=O)(O)O)[C@@H](O)[C@H]1O.Nc1ncnc2c1ncn2[C@@H]1O[C@H](COP(=O)(O)O)[C@@H](O)[C@H]1O.Nc1ncnc2c1ncn2[C@@H]1O[C@H](COP(=O)(O)O)[C@@H](O)[C@H]1O.Nc1ncnc2c1ncn2[C@@H]1O[C@H](COP(=O)(O)O)[C@@H](O)[C@H]1O.OP(O)(O)=S. The summed E-state index contributed by atoms with van der Waals surface area (Å²) in [5, 5.41) is 80.2. The van der Waals surface area contributed by atoms with Gasteiger partial charge in [0, 0.05) is 0 Å². The van der Waals surface area contributed by atoms with Gasteiger partial charge in [-0.2, -0.15) is 0 Å². The molecule has 0 bridgehead atoms. The summed E-state index contributed by atoms with van der Waals surface area (Å²) in [5.41, 5.74) is 25.0. The first-order valence-corrected chi connectivity index (χ1v) is 35.3. The number of hydrogen-bond donors (Lipinski definition) is 23. The lowest BCUT2D eigenvalue weighted by Crippen LogP contribution is -2.33. The molecule has 4 saturated heterocycles. The van der Waals surface area contributed by atoms with Crippen molar-refractivity contribution in [2.75, 3.05) is 49.4 Å². The third-order valence-electron chi connectivity index (χ3n) is 13.6. The molecule has 536 valence electrons. The number of hydrogen-bond acceptors (Lipinski definition) is 37. The molecule has 27 N–H and O–H groups in total. The molecule has 16 atom stereocenters. The van der Waals surface area contributed by atoms with Gasteiger partial charge in [0.05, 0.1) is 51.7 Å². The average molecular weight is 1500 g/mol. The first-order valence-electron chi connectivity index (χ1n) is 26.5. The smallest absolute Gasteiger partial charge is 0.387 e. The van der Waals surface area contributed by atoms with E-state index in [0.717, 1.165) is 0 Å². The van der Waals surface area contributed by atoms with Crippen molar-refractivity contribution in [2.24, 2.45) is 0 Å². The van der Waals surface area contributed by atoms with E-state index in [0.29, 0.717) is 22.1 Å². The zero-order chi connectivity index (χ0) is 71.6. The van der Waals surface area contributed by atoms with Crippen molar-refractivity contribution in [3.05, 3.63) is 50.6 Å². The van der Waals surface area contributed by atoms with E-state index in [4.69, 9.17) is 95.7 Å². The van der Waals surface area contributed by atoms with E-state index in [1.807, 2.05) is 0 Å². The van der Waals surface area contributed by atoms with E-state index in [9.17, 15) is 59.1 Å². The maximum Gasteiger partial charge on any atom is 0.469 e. The van der Waals surface area contributed by atoms with Crippen LogP contribution >= 0.6 is 38.0 Å². The molecule has 57 heteroatoms. The molecule has 8 aromatic rings. The normalized spacial score (nSPS) is 27.7. The number of phosphoric ester groups is 4. The predicted octanol–water partition coefficient (Wildman–Crippen LogP) is -8.26. The number of fused-ring (bicyclic) bond motifs is 4. The van der Waals surface area contributed by atoms with Crippen LogP contribution in [0.5, 0.6) is 0 Å². The summed E-state index contributed by atoms with van der Waals surface area (Å²) < 4.78 is 87.2. The van der Waals surface area contributed by atoms with Crippen molar-refractivity contribution in [3.63, 3.8) is 0 Å². The average Bonchev–Trinajstić information content (AvgIpc) is 1.65. The lowest BCUT2D eigenvalue weighted by molar-refractivity contribution is -0.0504. The van der Waals surface area contributed by atoms with Crippen molar-refractivity contribution in [2.45, 2.75) is 98.2 Å². The Kier molecular flexibility index (Phi) is 24.3. The monoisotopic (exact) mass is 1500 g/mol. The second-order valence-electron chi connectivity index (χ2n) is 20.2. The zero-order valence-electron chi connectivity index (χ0n) is 48.2. The Morgan fingerprint density at radius 1 is 0.340 bits per heavy atom. The van der Waals surface area contributed by atoms with Crippen LogP contribution in [0, 0.1) is 0 Å². The number of nitrogen functional groups attached to an aromatic ring is 4. The number of phosphoric acid groups is 4. The summed E-state index contributed by atoms with van der Waals surface area (Å²) in [7, 11) is -18.9. The van der Waals surface area contributed by atoms with Crippen LogP contribution in [0.3, 0.4) is 0 Å². The van der Waals surface area contributed by atoms with Crippen LogP contribution in [0.1, 0.15) is 24.9 Å². The fourth-order valence-corrected chi connectivity index (χ4v) is 10.7. The molecule has 51 nitrogen and oxygen atoms in total. The first-order chi connectivity index (χ1) is 45.1. The molecular formula is C40H59N20O31P5S. The van der Waals surface area contributed by atoms with Crippen LogP contribution in [-0.4, -0.2) is 272 Å². The van der Waals surface area contributed by atoms with Gasteiger partial charge in [-0.05, 0) is 11.8 Å². The largest absolute Gasteiger partial charge is 0.469 e. The van der Waals surface area contributed by atoms with Gasteiger partial charge in [-0.15, -0.1) is 0 Å². The van der Waals surface area contributed by atoms with Crippen LogP contribution in [-0.2, 0) is 67.1 Å². The summed E-state index contributed by atoms with van der Waals surface area (Å²) in [4.78, 5) is 139. The predicted molar refractivity (Wildman–Crippen MR) is 316 cm³/mol. The molecular weight excluding hydrogens is 1440 g/mol. The van der Waals surface area contributed by atoms with Gasteiger partial charge < -0.3 is 137 Å². The number of rotatable bonds is 16. The summed E-state index contributed by atoms with van der Waals surface area (Å²) in [6.07, 6.45) is -9.96. The van der Waals surface area contributed by atoms with Crippen LogP contribution in [0.2, 0.25) is 0 Å². The van der Waals surface area contributed by atoms with E-state index < -0.39 is 163 Å². The molecule has 0 amide bonds. The molecule has 0 unspecified atom stereocenters. The Balaban J connectivity index is 0.000000161. The lowest BCUT2D eigenvalue weighted by atomic mass is 10.1. The minimum absolute atomic E-state index is 0.142. The van der Waals surface area contributed by atoms with Crippen molar-refractivity contribution in [1.82, 2.24) is 78.1 Å². The van der Waals surface area contributed by atoms with E-state index in [2.05, 4.69) is 89.7 Å². The number of nitrogens with two attached hydrogens (primary N) is 4. The number of imidazole rings is 4. The van der Waals surface area contributed by atoms with Gasteiger partial charge in [0.1, 0.15) is 121 Å². The minimum Gasteiger partial charge on any atom is -0.387 e. The number of ether oxygens (including phenoxy) is 4. The van der Waals surface area contributed by atoms with E-state index >= 15 is 0 Å². The van der Waals surface area contributed by atoms with Gasteiger partial charge in [-0.25, -0.2) is 78.1 Å². The van der Waals surface area contributed by atoms with E-state index in [-0.39, 0.29) is 45.9 Å². The number of aromatic nitrogens is 16. The molecule has 12 heterocycles. The van der Waals surface area contributed by atoms with Gasteiger partial charge in [0.15, 0.2) is 70.8 Å². The molecule has 0 saturated carbocycles. The number of nitrogens with zero attached hydrogens (tertiary/aromatic N) is 16. The summed E-state index contributed by atoms with van der Waals surface area (Å²) in [6, 6.07) is 0. The Morgan fingerprint density at radius 3 is 0.680 bits per heavy atom. The molecule has 0 aliphatic carbocycles. The number of aliphatic hydroxyl groups is 8. The number of aliphatic hydroxyl groups excluding tert-OH is 8. The quantitative estimate of drug-likeness (QED) is 0.0400. The topological polar surface area (TPSA) is 805 Å². The van der Waals surface area contributed by atoms with Crippen LogP contribution in [0.4, 0.5) is 23.3 Å². The number of anilines is 4. The zero-order valence-corrected chi connectivity index (χ0v) is 53.5. The lowest BCUT2D eigenvalue weighted by Gasteiger charge is -2.16. The molecule has 97 heavy (non-hydrogen) atoms. The summed E-state index contributed by atoms with van der Waals surface area (Å²) >= 11 is 3.60. The molecule has 0 radical (unpaired) electrons. The van der Waals surface area contributed by atoms with Crippen molar-refractivity contribution < 1.29 is 150 Å². The Hall–Kier alpha value is -6.11.